The summed E-state index contributed by atoms with van der Waals surface area (Å²) < 4.78 is 2.15. The topological polar surface area (TPSA) is 62.5 Å². The highest BCUT2D eigenvalue weighted by Gasteiger charge is 2.17. The molecule has 4 rings (SSSR count). The Morgan fingerprint density at radius 1 is 0.839 bits per heavy atom. The summed E-state index contributed by atoms with van der Waals surface area (Å²) in [5.74, 6) is -0.940. The number of aromatic nitrogens is 1. The summed E-state index contributed by atoms with van der Waals surface area (Å²) in [6.07, 6.45) is 0.906. The molecular weight excluding hydrogens is 388 g/mol. The van der Waals surface area contributed by atoms with Gasteiger partial charge in [0.2, 0.25) is 5.91 Å². The minimum absolute atomic E-state index is 0.0460. The van der Waals surface area contributed by atoms with Gasteiger partial charge in [-0.3, -0.25) is 9.59 Å². The number of carboxylic acid groups (broad SMARTS) is 1. The van der Waals surface area contributed by atoms with Crippen molar-refractivity contribution in [3.05, 3.63) is 83.9 Å². The smallest absolute Gasteiger partial charge is 0.305 e. The number of rotatable bonds is 8. The lowest BCUT2D eigenvalue weighted by Crippen LogP contribution is -2.35. The summed E-state index contributed by atoms with van der Waals surface area (Å²) >= 11 is 0. The fraction of sp³-hybridized carbons (Fsp3) is 0.231. The second kappa shape index (κ2) is 9.04. The van der Waals surface area contributed by atoms with Crippen molar-refractivity contribution < 1.29 is 14.7 Å². The fourth-order valence-corrected chi connectivity index (χ4v) is 4.10. The zero-order valence-corrected chi connectivity index (χ0v) is 17.6. The van der Waals surface area contributed by atoms with Crippen LogP contribution in [0.25, 0.3) is 21.8 Å². The lowest BCUT2D eigenvalue weighted by atomic mass is 10.1. The van der Waals surface area contributed by atoms with E-state index in [4.69, 9.17) is 5.11 Å². The number of carbonyl (C=O) groups is 2. The number of para-hydroxylation sites is 1. The summed E-state index contributed by atoms with van der Waals surface area (Å²) in [4.78, 5) is 25.8. The van der Waals surface area contributed by atoms with Crippen LogP contribution >= 0.6 is 0 Å². The van der Waals surface area contributed by atoms with Gasteiger partial charge in [0.15, 0.2) is 0 Å². The average Bonchev–Trinajstić information content (AvgIpc) is 3.06. The molecule has 0 fully saturated rings. The molecule has 1 heterocycles. The number of benzene rings is 3. The van der Waals surface area contributed by atoms with E-state index in [-0.39, 0.29) is 25.3 Å². The number of carbonyl (C=O) groups excluding carboxylic acids is 1. The van der Waals surface area contributed by atoms with Crippen molar-refractivity contribution in [3.8, 4) is 0 Å². The predicted molar refractivity (Wildman–Crippen MR) is 123 cm³/mol. The highest BCUT2D eigenvalue weighted by Crippen LogP contribution is 2.28. The molecule has 0 aliphatic heterocycles. The van der Waals surface area contributed by atoms with E-state index in [2.05, 4.69) is 28.8 Å². The van der Waals surface area contributed by atoms with Crippen molar-refractivity contribution in [3.63, 3.8) is 0 Å². The second-order valence-electron chi connectivity index (χ2n) is 7.86. The van der Waals surface area contributed by atoms with Crippen LogP contribution in [0.1, 0.15) is 17.5 Å². The standard InChI is InChI=1S/C26H26N2O3/c1-27-23-10-6-5-9-21(23)22-12-11-20(17-24(22)27)18-25(29)28(16-14-26(30)31)15-13-19-7-3-2-4-8-19/h2-12,17H,13-16,18H2,1H3,(H,30,31). The largest absolute Gasteiger partial charge is 0.481 e. The van der Waals surface area contributed by atoms with E-state index in [0.717, 1.165) is 22.2 Å². The highest BCUT2D eigenvalue weighted by atomic mass is 16.4. The third kappa shape index (κ3) is 4.61. The number of aryl methyl sites for hydroxylation is 1. The molecule has 0 unspecified atom stereocenters. The zero-order chi connectivity index (χ0) is 21.8. The zero-order valence-electron chi connectivity index (χ0n) is 17.6. The molecule has 0 bridgehead atoms. The lowest BCUT2D eigenvalue weighted by molar-refractivity contribution is -0.138. The Morgan fingerprint density at radius 3 is 2.32 bits per heavy atom. The van der Waals surface area contributed by atoms with Crippen molar-refractivity contribution >= 4 is 33.7 Å². The number of amides is 1. The van der Waals surface area contributed by atoms with Gasteiger partial charge in [-0.15, -0.1) is 0 Å². The molecular formula is C26H26N2O3. The van der Waals surface area contributed by atoms with Crippen LogP contribution in [-0.2, 0) is 29.5 Å². The first-order chi connectivity index (χ1) is 15.0. The molecule has 3 aromatic carbocycles. The first kappa shape index (κ1) is 20.7. The van der Waals surface area contributed by atoms with Crippen LogP contribution in [0.15, 0.2) is 72.8 Å². The van der Waals surface area contributed by atoms with E-state index in [1.165, 1.54) is 10.8 Å². The van der Waals surface area contributed by atoms with E-state index in [9.17, 15) is 9.59 Å². The number of carboxylic acids is 1. The maximum absolute atomic E-state index is 13.1. The third-order valence-electron chi connectivity index (χ3n) is 5.80. The Morgan fingerprint density at radius 2 is 1.55 bits per heavy atom. The highest BCUT2D eigenvalue weighted by molar-refractivity contribution is 6.08. The van der Waals surface area contributed by atoms with Gasteiger partial charge in [-0.1, -0.05) is 60.7 Å². The van der Waals surface area contributed by atoms with E-state index in [1.807, 2.05) is 55.6 Å². The number of aliphatic carboxylic acids is 1. The van der Waals surface area contributed by atoms with Crippen molar-refractivity contribution in [1.82, 2.24) is 9.47 Å². The van der Waals surface area contributed by atoms with E-state index < -0.39 is 5.97 Å². The fourth-order valence-electron chi connectivity index (χ4n) is 4.10. The summed E-state index contributed by atoms with van der Waals surface area (Å²) in [6.45, 7) is 0.726. The van der Waals surface area contributed by atoms with Crippen molar-refractivity contribution in [1.29, 1.82) is 0 Å². The molecule has 31 heavy (non-hydrogen) atoms. The first-order valence-corrected chi connectivity index (χ1v) is 10.5. The molecule has 0 aliphatic rings. The van der Waals surface area contributed by atoms with Gasteiger partial charge in [0.1, 0.15) is 0 Å². The molecule has 0 saturated heterocycles. The number of hydrogen-bond acceptors (Lipinski definition) is 2. The summed E-state index contributed by atoms with van der Waals surface area (Å²) in [5, 5.41) is 11.5. The average molecular weight is 415 g/mol. The van der Waals surface area contributed by atoms with Gasteiger partial charge < -0.3 is 14.6 Å². The van der Waals surface area contributed by atoms with Gasteiger partial charge >= 0.3 is 5.97 Å². The summed E-state index contributed by atoms with van der Waals surface area (Å²) in [6, 6.07) is 24.4. The Kier molecular flexibility index (Phi) is 6.03. The van der Waals surface area contributed by atoms with Crippen molar-refractivity contribution in [2.45, 2.75) is 19.3 Å². The molecule has 0 spiro atoms. The minimum atomic E-state index is -0.894. The van der Waals surface area contributed by atoms with Gasteiger partial charge in [-0.05, 0) is 29.7 Å². The van der Waals surface area contributed by atoms with Gasteiger partial charge in [-0.2, -0.15) is 0 Å². The predicted octanol–water partition coefficient (Wildman–Crippen LogP) is 4.42. The van der Waals surface area contributed by atoms with E-state index in [0.29, 0.717) is 13.0 Å². The number of hydrogen-bond donors (Lipinski definition) is 1. The molecule has 5 heteroatoms. The summed E-state index contributed by atoms with van der Waals surface area (Å²) in [5.41, 5.74) is 4.32. The molecule has 1 amide bonds. The lowest BCUT2D eigenvalue weighted by Gasteiger charge is -2.22. The third-order valence-corrected chi connectivity index (χ3v) is 5.80. The molecule has 0 atom stereocenters. The molecule has 0 saturated carbocycles. The van der Waals surface area contributed by atoms with Crippen LogP contribution in [-0.4, -0.2) is 39.5 Å². The molecule has 158 valence electrons. The Balaban J connectivity index is 1.53. The van der Waals surface area contributed by atoms with E-state index >= 15 is 0 Å². The van der Waals surface area contributed by atoms with E-state index in [1.54, 1.807) is 4.90 Å². The molecule has 5 nitrogen and oxygen atoms in total. The Labute approximate surface area is 181 Å². The van der Waals surface area contributed by atoms with Crippen molar-refractivity contribution in [2.24, 2.45) is 7.05 Å². The Bertz CT molecular complexity index is 1230. The maximum Gasteiger partial charge on any atom is 0.305 e. The van der Waals surface area contributed by atoms with Crippen LogP contribution in [0, 0.1) is 0 Å². The van der Waals surface area contributed by atoms with Gasteiger partial charge in [0.25, 0.3) is 0 Å². The van der Waals surface area contributed by atoms with Crippen LogP contribution in [0.2, 0.25) is 0 Å². The van der Waals surface area contributed by atoms with Crippen LogP contribution < -0.4 is 0 Å². The van der Waals surface area contributed by atoms with Crippen molar-refractivity contribution in [2.75, 3.05) is 13.1 Å². The van der Waals surface area contributed by atoms with Gasteiger partial charge in [-0.25, -0.2) is 0 Å². The Hall–Kier alpha value is -3.60. The number of nitrogens with zero attached hydrogens (tertiary/aromatic N) is 2. The van der Waals surface area contributed by atoms with Crippen LogP contribution in [0.4, 0.5) is 0 Å². The molecule has 0 radical (unpaired) electrons. The first-order valence-electron chi connectivity index (χ1n) is 10.5. The van der Waals surface area contributed by atoms with Gasteiger partial charge in [0.05, 0.1) is 12.8 Å². The maximum atomic E-state index is 13.1. The molecule has 1 N–H and O–H groups in total. The van der Waals surface area contributed by atoms with Crippen LogP contribution in [0.3, 0.4) is 0 Å². The quantitative estimate of drug-likeness (QED) is 0.464. The molecule has 0 aliphatic carbocycles. The van der Waals surface area contributed by atoms with Gasteiger partial charge in [0, 0.05) is 41.9 Å². The molecule has 4 aromatic rings. The number of fused-ring (bicyclic) bond motifs is 3. The normalized spacial score (nSPS) is 11.1. The van der Waals surface area contributed by atoms with Crippen LogP contribution in [0.5, 0.6) is 0 Å². The molecule has 1 aromatic heterocycles. The summed E-state index contributed by atoms with van der Waals surface area (Å²) in [7, 11) is 2.04. The second-order valence-corrected chi connectivity index (χ2v) is 7.86. The monoisotopic (exact) mass is 414 g/mol. The minimum Gasteiger partial charge on any atom is -0.481 e. The SMILES string of the molecule is Cn1c2ccccc2c2ccc(CC(=O)N(CCC(=O)O)CCc3ccccc3)cc21.